The second-order valence-electron chi connectivity index (χ2n) is 2.68. The lowest BCUT2D eigenvalue weighted by Gasteiger charge is -2.02. The molecule has 0 bridgehead atoms. The normalized spacial score (nSPS) is 11.9. The number of hydrogen-bond acceptors (Lipinski definition) is 0. The van der Waals surface area contributed by atoms with Crippen molar-refractivity contribution in [1.29, 1.82) is 0 Å². The van der Waals surface area contributed by atoms with Gasteiger partial charge in [0.15, 0.2) is 17.5 Å². The van der Waals surface area contributed by atoms with Crippen LogP contribution in [0.25, 0.3) is 5.03 Å². The van der Waals surface area contributed by atoms with Crippen LogP contribution < -0.4 is 0 Å². The maximum atomic E-state index is 13.1. The Balaban J connectivity index is 3.24. The minimum Gasteiger partial charge on any atom is -0.204 e. The highest BCUT2D eigenvalue weighted by molar-refractivity contribution is 6.48. The van der Waals surface area contributed by atoms with Gasteiger partial charge in [-0.05, 0) is 18.6 Å². The van der Waals surface area contributed by atoms with Crippen molar-refractivity contribution < 1.29 is 13.2 Å². The smallest absolute Gasteiger partial charge is 0.195 e. The monoisotopic (exact) mass is 220 g/mol. The van der Waals surface area contributed by atoms with E-state index in [1.807, 2.05) is 0 Å². The summed E-state index contributed by atoms with van der Waals surface area (Å²) >= 11 is 5.67. The van der Waals surface area contributed by atoms with Gasteiger partial charge in [-0.15, -0.1) is 0 Å². The topological polar surface area (TPSA) is 0 Å². The van der Waals surface area contributed by atoms with Gasteiger partial charge < -0.3 is 0 Å². The van der Waals surface area contributed by atoms with Crippen molar-refractivity contribution in [1.82, 2.24) is 0 Å². The molecule has 0 radical (unpaired) electrons. The minimum absolute atomic E-state index is 0.0869. The molecule has 14 heavy (non-hydrogen) atoms. The van der Waals surface area contributed by atoms with Gasteiger partial charge in [0.05, 0.1) is 0 Å². The summed E-state index contributed by atoms with van der Waals surface area (Å²) in [5.74, 6) is -3.96. The first-order chi connectivity index (χ1) is 6.57. The molecule has 0 saturated carbocycles. The van der Waals surface area contributed by atoms with Crippen LogP contribution in [0.5, 0.6) is 0 Å². The van der Waals surface area contributed by atoms with Gasteiger partial charge >= 0.3 is 0 Å². The SMILES string of the molecule is CC/C=C(\Cl)c1ccc(F)c(F)c1F. The predicted molar refractivity (Wildman–Crippen MR) is 50.4 cm³/mol. The van der Waals surface area contributed by atoms with E-state index in [1.54, 1.807) is 6.92 Å². The van der Waals surface area contributed by atoms with E-state index in [0.29, 0.717) is 6.42 Å². The maximum Gasteiger partial charge on any atom is 0.195 e. The largest absolute Gasteiger partial charge is 0.204 e. The van der Waals surface area contributed by atoms with Gasteiger partial charge in [-0.2, -0.15) is 0 Å². The zero-order valence-electron chi connectivity index (χ0n) is 7.45. The third-order valence-corrected chi connectivity index (χ3v) is 2.03. The van der Waals surface area contributed by atoms with Crippen LogP contribution in [0.1, 0.15) is 18.9 Å². The number of rotatable bonds is 2. The second kappa shape index (κ2) is 4.51. The average Bonchev–Trinajstić information content (AvgIpc) is 2.15. The van der Waals surface area contributed by atoms with Gasteiger partial charge in [0.2, 0.25) is 0 Å². The van der Waals surface area contributed by atoms with Crippen LogP contribution in [0.3, 0.4) is 0 Å². The minimum atomic E-state index is -1.50. The summed E-state index contributed by atoms with van der Waals surface area (Å²) in [6, 6.07) is 1.96. The molecule has 4 heteroatoms. The Kier molecular flexibility index (Phi) is 3.58. The van der Waals surface area contributed by atoms with E-state index in [0.717, 1.165) is 12.1 Å². The predicted octanol–water partition coefficient (Wildman–Crippen LogP) is 4.09. The standard InChI is InChI=1S/C10H8ClF3/c1-2-3-7(11)6-4-5-8(12)10(14)9(6)13/h3-5H,2H2,1H3/b7-3-. The second-order valence-corrected chi connectivity index (χ2v) is 3.09. The average molecular weight is 221 g/mol. The van der Waals surface area contributed by atoms with Crippen molar-refractivity contribution in [3.63, 3.8) is 0 Å². The maximum absolute atomic E-state index is 13.1. The number of halogens is 4. The third-order valence-electron chi connectivity index (χ3n) is 1.68. The molecule has 0 aliphatic heterocycles. The zero-order valence-corrected chi connectivity index (χ0v) is 8.21. The van der Waals surface area contributed by atoms with Crippen LogP contribution >= 0.6 is 11.6 Å². The number of hydrogen-bond donors (Lipinski definition) is 0. The van der Waals surface area contributed by atoms with Crippen LogP contribution in [0.4, 0.5) is 13.2 Å². The Bertz CT molecular complexity index is 372. The molecule has 0 N–H and O–H groups in total. The Morgan fingerprint density at radius 2 is 1.93 bits per heavy atom. The van der Waals surface area contributed by atoms with E-state index in [2.05, 4.69) is 0 Å². The molecule has 0 fully saturated rings. The van der Waals surface area contributed by atoms with Crippen molar-refractivity contribution in [3.8, 4) is 0 Å². The van der Waals surface area contributed by atoms with Gasteiger partial charge in [0.1, 0.15) is 0 Å². The molecular weight excluding hydrogens is 213 g/mol. The Hall–Kier alpha value is -0.960. The van der Waals surface area contributed by atoms with E-state index in [1.165, 1.54) is 6.08 Å². The highest BCUT2D eigenvalue weighted by Crippen LogP contribution is 2.25. The van der Waals surface area contributed by atoms with Crippen LogP contribution in [-0.4, -0.2) is 0 Å². The van der Waals surface area contributed by atoms with Gasteiger partial charge in [-0.25, -0.2) is 13.2 Å². The molecule has 76 valence electrons. The summed E-state index contributed by atoms with van der Waals surface area (Å²) in [4.78, 5) is 0. The van der Waals surface area contributed by atoms with E-state index < -0.39 is 17.5 Å². The van der Waals surface area contributed by atoms with Crippen LogP contribution in [0.15, 0.2) is 18.2 Å². The van der Waals surface area contributed by atoms with Crippen molar-refractivity contribution in [2.75, 3.05) is 0 Å². The molecule has 1 aromatic carbocycles. The lowest BCUT2D eigenvalue weighted by atomic mass is 10.1. The van der Waals surface area contributed by atoms with Crippen molar-refractivity contribution in [3.05, 3.63) is 41.2 Å². The molecule has 0 atom stereocenters. The van der Waals surface area contributed by atoms with Gasteiger partial charge in [0.25, 0.3) is 0 Å². The lowest BCUT2D eigenvalue weighted by Crippen LogP contribution is -1.94. The van der Waals surface area contributed by atoms with E-state index in [9.17, 15) is 13.2 Å². The molecule has 0 saturated heterocycles. The van der Waals surface area contributed by atoms with Gasteiger partial charge in [-0.3, -0.25) is 0 Å². The molecule has 0 aliphatic carbocycles. The third kappa shape index (κ3) is 2.10. The van der Waals surface area contributed by atoms with Crippen LogP contribution in [0.2, 0.25) is 0 Å². The summed E-state index contributed by atoms with van der Waals surface area (Å²) in [7, 11) is 0. The molecule has 0 amide bonds. The summed E-state index contributed by atoms with van der Waals surface area (Å²) in [5, 5.41) is 0.0869. The van der Waals surface area contributed by atoms with Gasteiger partial charge in [0, 0.05) is 10.6 Å². The first-order valence-electron chi connectivity index (χ1n) is 4.07. The first kappa shape index (κ1) is 11.1. The lowest BCUT2D eigenvalue weighted by molar-refractivity contribution is 0.446. The molecule has 1 aromatic rings. The number of allylic oxidation sites excluding steroid dienone is 1. The molecule has 0 spiro atoms. The fourth-order valence-electron chi connectivity index (χ4n) is 1.000. The molecule has 0 aliphatic rings. The van der Waals surface area contributed by atoms with Crippen molar-refractivity contribution in [2.24, 2.45) is 0 Å². The molecule has 0 aromatic heterocycles. The summed E-state index contributed by atoms with van der Waals surface area (Å²) < 4.78 is 38.4. The Morgan fingerprint density at radius 3 is 2.50 bits per heavy atom. The zero-order chi connectivity index (χ0) is 10.7. The molecule has 0 nitrogen and oxygen atoms in total. The quantitative estimate of drug-likeness (QED) is 0.659. The molecule has 0 heterocycles. The summed E-state index contributed by atoms with van der Waals surface area (Å²) in [6.07, 6.45) is 2.12. The summed E-state index contributed by atoms with van der Waals surface area (Å²) in [5.41, 5.74) is -0.118. The van der Waals surface area contributed by atoms with Crippen molar-refractivity contribution in [2.45, 2.75) is 13.3 Å². The Morgan fingerprint density at radius 1 is 1.29 bits per heavy atom. The molecule has 0 unspecified atom stereocenters. The fraction of sp³-hybridized carbons (Fsp3) is 0.200. The molecule has 1 rings (SSSR count). The van der Waals surface area contributed by atoms with Gasteiger partial charge in [-0.1, -0.05) is 24.6 Å². The van der Waals surface area contributed by atoms with E-state index >= 15 is 0 Å². The van der Waals surface area contributed by atoms with E-state index in [-0.39, 0.29) is 10.6 Å². The van der Waals surface area contributed by atoms with Crippen molar-refractivity contribution >= 4 is 16.6 Å². The fourth-order valence-corrected chi connectivity index (χ4v) is 1.30. The molecular formula is C10H8ClF3. The Labute approximate surface area is 85.0 Å². The van der Waals surface area contributed by atoms with Crippen LogP contribution in [0, 0.1) is 17.5 Å². The highest BCUT2D eigenvalue weighted by Gasteiger charge is 2.14. The van der Waals surface area contributed by atoms with E-state index in [4.69, 9.17) is 11.6 Å². The highest BCUT2D eigenvalue weighted by atomic mass is 35.5. The first-order valence-corrected chi connectivity index (χ1v) is 4.45. The number of benzene rings is 1. The summed E-state index contributed by atoms with van der Waals surface area (Å²) in [6.45, 7) is 1.81. The van der Waals surface area contributed by atoms with Crippen LogP contribution in [-0.2, 0) is 0 Å².